The van der Waals surface area contributed by atoms with E-state index in [0.717, 1.165) is 0 Å². The molecule has 0 aliphatic rings. The van der Waals surface area contributed by atoms with Gasteiger partial charge in [0.1, 0.15) is 0 Å². The first kappa shape index (κ1) is 19.4. The number of ether oxygens (including phenoxy) is 1. The lowest BCUT2D eigenvalue weighted by molar-refractivity contribution is -0.386. The summed E-state index contributed by atoms with van der Waals surface area (Å²) in [4.78, 5) is 25.8. The average molecular weight is 390 g/mol. The van der Waals surface area contributed by atoms with Gasteiger partial charge in [0, 0.05) is 12.3 Å². The van der Waals surface area contributed by atoms with E-state index in [2.05, 4.69) is 10.3 Å². The third kappa shape index (κ3) is 4.60. The number of aromatic nitrogens is 1. The molecule has 2 rings (SSSR count). The molecule has 2 aromatic rings. The molecule has 1 aromatic carbocycles. The second-order valence-corrected chi connectivity index (χ2v) is 5.43. The second-order valence-electron chi connectivity index (χ2n) is 5.03. The number of carbonyl (C=O) groups is 1. The van der Waals surface area contributed by atoms with Crippen LogP contribution in [-0.4, -0.2) is 21.9 Å². The van der Waals surface area contributed by atoms with Crippen LogP contribution in [0.3, 0.4) is 0 Å². The van der Waals surface area contributed by atoms with Crippen LogP contribution >= 0.6 is 11.6 Å². The number of nitro groups is 1. The summed E-state index contributed by atoms with van der Waals surface area (Å²) in [5.74, 6) is -1.22. The van der Waals surface area contributed by atoms with Crippen LogP contribution < -0.4 is 10.1 Å². The highest BCUT2D eigenvalue weighted by molar-refractivity contribution is 6.33. The zero-order chi connectivity index (χ0) is 19.5. The number of nitrogens with zero attached hydrogens (tertiary/aromatic N) is 2. The van der Waals surface area contributed by atoms with Crippen LogP contribution in [0.2, 0.25) is 5.02 Å². The number of pyridine rings is 1. The van der Waals surface area contributed by atoms with Gasteiger partial charge in [0.2, 0.25) is 0 Å². The largest absolute Gasteiger partial charge is 0.474 e. The van der Waals surface area contributed by atoms with Crippen molar-refractivity contribution in [2.24, 2.45) is 0 Å². The molecule has 0 radical (unpaired) electrons. The number of anilines is 1. The summed E-state index contributed by atoms with van der Waals surface area (Å²) >= 11 is 5.70. The van der Waals surface area contributed by atoms with Gasteiger partial charge in [-0.2, -0.15) is 13.2 Å². The van der Waals surface area contributed by atoms with Gasteiger partial charge in [-0.1, -0.05) is 23.7 Å². The van der Waals surface area contributed by atoms with Gasteiger partial charge >= 0.3 is 11.9 Å². The van der Waals surface area contributed by atoms with Crippen molar-refractivity contribution in [3.63, 3.8) is 0 Å². The minimum atomic E-state index is -4.62. The number of para-hydroxylation sites is 2. The SMILES string of the molecule is C[C@H](Oc1ccccc1[N+](=O)[O-])C(=O)Nc1ncc(C(F)(F)F)cc1Cl. The van der Waals surface area contributed by atoms with E-state index in [4.69, 9.17) is 16.3 Å². The Morgan fingerprint density at radius 2 is 2.04 bits per heavy atom. The number of hydrogen-bond acceptors (Lipinski definition) is 5. The van der Waals surface area contributed by atoms with E-state index >= 15 is 0 Å². The number of nitrogens with one attached hydrogen (secondary N) is 1. The van der Waals surface area contributed by atoms with Gasteiger partial charge in [-0.25, -0.2) is 4.98 Å². The van der Waals surface area contributed by atoms with E-state index in [9.17, 15) is 28.1 Å². The van der Waals surface area contributed by atoms with Crippen molar-refractivity contribution in [1.29, 1.82) is 0 Å². The van der Waals surface area contributed by atoms with Crippen molar-refractivity contribution in [3.8, 4) is 5.75 Å². The van der Waals surface area contributed by atoms with Gasteiger partial charge in [-0.3, -0.25) is 14.9 Å². The van der Waals surface area contributed by atoms with E-state index < -0.39 is 33.7 Å². The molecule has 1 atom stereocenters. The van der Waals surface area contributed by atoms with Crippen LogP contribution in [0.5, 0.6) is 5.75 Å². The Morgan fingerprint density at radius 3 is 2.62 bits per heavy atom. The number of rotatable bonds is 5. The van der Waals surface area contributed by atoms with Crippen molar-refractivity contribution in [3.05, 3.63) is 57.2 Å². The third-order valence-corrected chi connectivity index (χ3v) is 3.43. The summed E-state index contributed by atoms with van der Waals surface area (Å²) in [7, 11) is 0. The number of hydrogen-bond donors (Lipinski definition) is 1. The molecule has 0 aliphatic carbocycles. The number of halogens is 4. The molecule has 26 heavy (non-hydrogen) atoms. The highest BCUT2D eigenvalue weighted by Gasteiger charge is 2.32. The zero-order valence-electron chi connectivity index (χ0n) is 13.1. The molecule has 1 aromatic heterocycles. The van der Waals surface area contributed by atoms with Gasteiger partial charge < -0.3 is 10.1 Å². The van der Waals surface area contributed by atoms with Crippen LogP contribution in [0.4, 0.5) is 24.7 Å². The molecular weight excluding hydrogens is 379 g/mol. The number of nitro benzene ring substituents is 1. The zero-order valence-corrected chi connectivity index (χ0v) is 13.8. The monoisotopic (exact) mass is 389 g/mol. The van der Waals surface area contributed by atoms with Crippen molar-refractivity contribution < 1.29 is 27.6 Å². The van der Waals surface area contributed by atoms with E-state index in [0.29, 0.717) is 12.3 Å². The molecule has 0 fully saturated rings. The Kier molecular flexibility index (Phi) is 5.66. The second kappa shape index (κ2) is 7.56. The first-order chi connectivity index (χ1) is 12.1. The average Bonchev–Trinajstić information content (AvgIpc) is 2.55. The van der Waals surface area contributed by atoms with E-state index in [1.54, 1.807) is 0 Å². The van der Waals surface area contributed by atoms with E-state index in [-0.39, 0.29) is 17.3 Å². The maximum Gasteiger partial charge on any atom is 0.417 e. The maximum atomic E-state index is 12.6. The number of amides is 1. The van der Waals surface area contributed by atoms with Crippen LogP contribution in [0.15, 0.2) is 36.5 Å². The molecule has 1 N–H and O–H groups in total. The van der Waals surface area contributed by atoms with Crippen molar-refractivity contribution in [1.82, 2.24) is 4.98 Å². The van der Waals surface area contributed by atoms with Crippen molar-refractivity contribution >= 4 is 29.0 Å². The molecule has 0 saturated carbocycles. The number of carbonyl (C=O) groups excluding carboxylic acids is 1. The predicted molar refractivity (Wildman–Crippen MR) is 86.1 cm³/mol. The predicted octanol–water partition coefficient (Wildman–Crippen LogP) is 4.07. The van der Waals surface area contributed by atoms with Crippen LogP contribution in [0.25, 0.3) is 0 Å². The molecule has 0 spiro atoms. The summed E-state index contributed by atoms with van der Waals surface area (Å²) in [5.41, 5.74) is -1.40. The minimum absolute atomic E-state index is 0.133. The standard InChI is InChI=1S/C15H11ClF3N3O4/c1-8(26-12-5-3-2-4-11(12)22(24)25)14(23)21-13-10(16)6-9(7-20-13)15(17,18)19/h2-8H,1H3,(H,20,21,23)/t8-/m0/s1. The van der Waals surface area contributed by atoms with Crippen LogP contribution in [-0.2, 0) is 11.0 Å². The van der Waals surface area contributed by atoms with Gasteiger partial charge in [-0.05, 0) is 19.1 Å². The lowest BCUT2D eigenvalue weighted by Gasteiger charge is -2.15. The summed E-state index contributed by atoms with van der Waals surface area (Å²) in [6, 6.07) is 6.06. The molecular formula is C15H11ClF3N3O4. The van der Waals surface area contributed by atoms with Gasteiger partial charge in [0.25, 0.3) is 5.91 Å². The molecule has 138 valence electrons. The first-order valence-corrected chi connectivity index (χ1v) is 7.41. The number of benzene rings is 1. The van der Waals surface area contributed by atoms with E-state index in [1.807, 2.05) is 0 Å². The van der Waals surface area contributed by atoms with Crippen LogP contribution in [0.1, 0.15) is 12.5 Å². The van der Waals surface area contributed by atoms with Gasteiger partial charge in [-0.15, -0.1) is 0 Å². The summed E-state index contributed by atoms with van der Waals surface area (Å²) in [6.45, 7) is 1.31. The molecule has 0 saturated heterocycles. The lowest BCUT2D eigenvalue weighted by atomic mass is 10.2. The molecule has 1 heterocycles. The smallest absolute Gasteiger partial charge is 0.417 e. The Balaban J connectivity index is 2.12. The maximum absolute atomic E-state index is 12.6. The van der Waals surface area contributed by atoms with E-state index in [1.165, 1.54) is 31.2 Å². The van der Waals surface area contributed by atoms with Gasteiger partial charge in [0.05, 0.1) is 15.5 Å². The Labute approximate surface area is 149 Å². The topological polar surface area (TPSA) is 94.4 Å². The third-order valence-electron chi connectivity index (χ3n) is 3.15. The normalized spacial score (nSPS) is 12.3. The van der Waals surface area contributed by atoms with Gasteiger partial charge in [0.15, 0.2) is 17.7 Å². The quantitative estimate of drug-likeness (QED) is 0.614. The summed E-state index contributed by atoms with van der Waals surface area (Å²) in [5, 5.41) is 12.7. The highest BCUT2D eigenvalue weighted by Crippen LogP contribution is 2.32. The fourth-order valence-corrected chi connectivity index (χ4v) is 2.07. The highest BCUT2D eigenvalue weighted by atomic mass is 35.5. The summed E-state index contributed by atoms with van der Waals surface area (Å²) in [6.07, 6.45) is -5.30. The molecule has 0 aliphatic heterocycles. The van der Waals surface area contributed by atoms with Crippen molar-refractivity contribution in [2.45, 2.75) is 19.2 Å². The molecule has 0 bridgehead atoms. The molecule has 1 amide bonds. The number of alkyl halides is 3. The Hall–Kier alpha value is -2.88. The fraction of sp³-hybridized carbons (Fsp3) is 0.200. The molecule has 7 nitrogen and oxygen atoms in total. The first-order valence-electron chi connectivity index (χ1n) is 7.03. The Bertz CT molecular complexity index is 845. The van der Waals surface area contributed by atoms with Crippen molar-refractivity contribution in [2.75, 3.05) is 5.32 Å². The molecule has 0 unspecified atom stereocenters. The Morgan fingerprint density at radius 1 is 1.38 bits per heavy atom. The summed E-state index contributed by atoms with van der Waals surface area (Å²) < 4.78 is 43.0. The lowest BCUT2D eigenvalue weighted by Crippen LogP contribution is -2.30. The van der Waals surface area contributed by atoms with Crippen LogP contribution in [0, 0.1) is 10.1 Å². The minimum Gasteiger partial charge on any atom is -0.474 e. The fourth-order valence-electron chi connectivity index (χ4n) is 1.85. The molecule has 11 heteroatoms.